The molecule has 1 fully saturated rings. The molecule has 1 saturated carbocycles. The Balaban J connectivity index is 1.89. The molecule has 1 aromatic carbocycles. The number of benzene rings is 1. The molecule has 0 aliphatic heterocycles. The van der Waals surface area contributed by atoms with Crippen molar-refractivity contribution in [2.45, 2.75) is 25.0 Å². The number of aliphatic hydroxyl groups excluding tert-OH is 1. The largest absolute Gasteiger partial charge is 0.386 e. The summed E-state index contributed by atoms with van der Waals surface area (Å²) >= 11 is 5.84. The van der Waals surface area contributed by atoms with E-state index in [1.807, 2.05) is 6.07 Å². The van der Waals surface area contributed by atoms with E-state index >= 15 is 0 Å². The van der Waals surface area contributed by atoms with Crippen LogP contribution in [0.2, 0.25) is 5.02 Å². The average molecular weight is 254 g/mol. The summed E-state index contributed by atoms with van der Waals surface area (Å²) in [6, 6.07) is 7.59. The highest BCUT2D eigenvalue weighted by Gasteiger charge is 2.21. The van der Waals surface area contributed by atoms with E-state index in [2.05, 4.69) is 10.3 Å². The Morgan fingerprint density at radius 2 is 2.35 bits per heavy atom. The highest BCUT2D eigenvalue weighted by Crippen LogP contribution is 2.19. The second kappa shape index (κ2) is 5.38. The molecule has 5 heteroatoms. The van der Waals surface area contributed by atoms with E-state index in [0.29, 0.717) is 17.0 Å². The predicted molar refractivity (Wildman–Crippen MR) is 69.1 cm³/mol. The summed E-state index contributed by atoms with van der Waals surface area (Å²) in [5.74, 6) is 0.397. The van der Waals surface area contributed by atoms with Crippen molar-refractivity contribution in [1.82, 2.24) is 5.32 Å². The number of hydrogen-bond acceptors (Lipinski definition) is 2. The van der Waals surface area contributed by atoms with Crippen LogP contribution in [0.3, 0.4) is 0 Å². The van der Waals surface area contributed by atoms with Crippen LogP contribution in [0.1, 0.15) is 24.5 Å². The molecular weight excluding hydrogens is 238 g/mol. The van der Waals surface area contributed by atoms with E-state index in [0.717, 1.165) is 18.4 Å². The molecule has 0 amide bonds. The Morgan fingerprint density at radius 3 is 3.00 bits per heavy atom. The molecule has 0 radical (unpaired) electrons. The standard InChI is InChI=1S/C12H16ClN3O/c13-9-3-1-2-8(6-9)11(17)7-15-12(14)16-10-4-5-10/h1-3,6,10-11,17H,4-5,7H2,(H3,14,15,16). The van der Waals surface area contributed by atoms with E-state index in [4.69, 9.17) is 17.3 Å². The van der Waals surface area contributed by atoms with E-state index in [9.17, 15) is 5.11 Å². The van der Waals surface area contributed by atoms with Gasteiger partial charge in [-0.15, -0.1) is 0 Å². The monoisotopic (exact) mass is 253 g/mol. The van der Waals surface area contributed by atoms with Crippen molar-refractivity contribution in [2.24, 2.45) is 10.7 Å². The van der Waals surface area contributed by atoms with Gasteiger partial charge in [0.25, 0.3) is 0 Å². The molecular formula is C12H16ClN3O. The summed E-state index contributed by atoms with van der Waals surface area (Å²) in [6.45, 7) is 0.242. The van der Waals surface area contributed by atoms with Crippen molar-refractivity contribution in [1.29, 1.82) is 0 Å². The van der Waals surface area contributed by atoms with E-state index < -0.39 is 6.10 Å². The third-order valence-corrected chi connectivity index (χ3v) is 2.83. The molecule has 0 aromatic heterocycles. The number of nitrogens with one attached hydrogen (secondary N) is 1. The highest BCUT2D eigenvalue weighted by molar-refractivity contribution is 6.30. The topological polar surface area (TPSA) is 70.6 Å². The lowest BCUT2D eigenvalue weighted by atomic mass is 10.1. The molecule has 1 atom stereocenters. The summed E-state index contributed by atoms with van der Waals surface area (Å²) in [7, 11) is 0. The molecule has 1 aliphatic rings. The van der Waals surface area contributed by atoms with Crippen molar-refractivity contribution >= 4 is 17.6 Å². The minimum absolute atomic E-state index is 0.242. The van der Waals surface area contributed by atoms with E-state index in [1.165, 1.54) is 0 Å². The maximum Gasteiger partial charge on any atom is 0.188 e. The summed E-state index contributed by atoms with van der Waals surface area (Å²) in [4.78, 5) is 4.10. The normalized spacial score (nSPS) is 17.9. The first-order valence-corrected chi connectivity index (χ1v) is 6.03. The maximum atomic E-state index is 9.89. The number of nitrogens with two attached hydrogens (primary N) is 1. The maximum absolute atomic E-state index is 9.89. The molecule has 4 N–H and O–H groups in total. The van der Waals surface area contributed by atoms with Crippen LogP contribution in [-0.4, -0.2) is 23.7 Å². The Kier molecular flexibility index (Phi) is 3.86. The zero-order valence-corrected chi connectivity index (χ0v) is 10.2. The second-order valence-corrected chi connectivity index (χ2v) is 4.65. The van der Waals surface area contributed by atoms with Gasteiger partial charge in [-0.2, -0.15) is 0 Å². The fourth-order valence-electron chi connectivity index (χ4n) is 1.49. The number of halogens is 1. The number of aliphatic imine (C=N–C) groups is 1. The molecule has 1 aromatic rings. The first-order valence-electron chi connectivity index (χ1n) is 5.65. The zero-order valence-electron chi connectivity index (χ0n) is 9.44. The van der Waals surface area contributed by atoms with Crippen molar-refractivity contribution in [3.05, 3.63) is 34.9 Å². The smallest absolute Gasteiger partial charge is 0.188 e. The molecule has 1 unspecified atom stereocenters. The Bertz CT molecular complexity index is 418. The van der Waals surface area contributed by atoms with Crippen LogP contribution >= 0.6 is 11.6 Å². The minimum atomic E-state index is -0.673. The molecule has 4 nitrogen and oxygen atoms in total. The summed E-state index contributed by atoms with van der Waals surface area (Å²) < 4.78 is 0. The zero-order chi connectivity index (χ0) is 12.3. The fourth-order valence-corrected chi connectivity index (χ4v) is 1.69. The lowest BCUT2D eigenvalue weighted by Gasteiger charge is -2.09. The quantitative estimate of drug-likeness (QED) is 0.562. The van der Waals surface area contributed by atoms with Crippen molar-refractivity contribution < 1.29 is 5.11 Å². The van der Waals surface area contributed by atoms with Gasteiger partial charge in [-0.3, -0.25) is 4.99 Å². The van der Waals surface area contributed by atoms with Crippen LogP contribution in [0.5, 0.6) is 0 Å². The van der Waals surface area contributed by atoms with Crippen molar-refractivity contribution in [2.75, 3.05) is 6.54 Å². The van der Waals surface area contributed by atoms with Crippen LogP contribution in [-0.2, 0) is 0 Å². The van der Waals surface area contributed by atoms with Gasteiger partial charge in [0.2, 0.25) is 0 Å². The Morgan fingerprint density at radius 1 is 1.59 bits per heavy atom. The van der Waals surface area contributed by atoms with E-state index in [-0.39, 0.29) is 6.54 Å². The van der Waals surface area contributed by atoms with Gasteiger partial charge in [-0.05, 0) is 30.5 Å². The average Bonchev–Trinajstić information content (AvgIpc) is 3.10. The minimum Gasteiger partial charge on any atom is -0.386 e. The molecule has 0 spiro atoms. The van der Waals surface area contributed by atoms with Gasteiger partial charge in [0.1, 0.15) is 0 Å². The molecule has 0 bridgehead atoms. The van der Waals surface area contributed by atoms with Gasteiger partial charge in [-0.1, -0.05) is 23.7 Å². The number of hydrogen-bond donors (Lipinski definition) is 3. The first-order chi connectivity index (χ1) is 8.15. The second-order valence-electron chi connectivity index (χ2n) is 4.22. The highest BCUT2D eigenvalue weighted by atomic mass is 35.5. The predicted octanol–water partition coefficient (Wildman–Crippen LogP) is 1.44. The van der Waals surface area contributed by atoms with E-state index in [1.54, 1.807) is 18.2 Å². The van der Waals surface area contributed by atoms with Gasteiger partial charge in [0, 0.05) is 11.1 Å². The molecule has 17 heavy (non-hydrogen) atoms. The lowest BCUT2D eigenvalue weighted by Crippen LogP contribution is -2.33. The Labute approximate surface area is 105 Å². The summed E-state index contributed by atoms with van der Waals surface area (Å²) in [5.41, 5.74) is 6.42. The van der Waals surface area contributed by atoms with Gasteiger partial charge in [-0.25, -0.2) is 0 Å². The summed E-state index contributed by atoms with van der Waals surface area (Å²) in [5, 5.41) is 13.6. The van der Waals surface area contributed by atoms with Gasteiger partial charge in [0.15, 0.2) is 5.96 Å². The number of guanidine groups is 1. The van der Waals surface area contributed by atoms with Crippen LogP contribution in [0.15, 0.2) is 29.3 Å². The van der Waals surface area contributed by atoms with Gasteiger partial charge in [0.05, 0.1) is 12.6 Å². The van der Waals surface area contributed by atoms with Gasteiger partial charge >= 0.3 is 0 Å². The van der Waals surface area contributed by atoms with Gasteiger partial charge < -0.3 is 16.2 Å². The number of aliphatic hydroxyl groups is 1. The third-order valence-electron chi connectivity index (χ3n) is 2.60. The van der Waals surface area contributed by atoms with Crippen LogP contribution in [0.4, 0.5) is 0 Å². The lowest BCUT2D eigenvalue weighted by molar-refractivity contribution is 0.187. The number of rotatable bonds is 4. The van der Waals surface area contributed by atoms with Crippen LogP contribution in [0, 0.1) is 0 Å². The van der Waals surface area contributed by atoms with Crippen molar-refractivity contribution in [3.63, 3.8) is 0 Å². The molecule has 2 rings (SSSR count). The van der Waals surface area contributed by atoms with Crippen molar-refractivity contribution in [3.8, 4) is 0 Å². The Hall–Kier alpha value is -1.26. The molecule has 0 heterocycles. The summed E-state index contributed by atoms with van der Waals surface area (Å²) in [6.07, 6.45) is 1.62. The fraction of sp³-hybridized carbons (Fsp3) is 0.417. The molecule has 1 aliphatic carbocycles. The first kappa shape index (κ1) is 12.2. The SMILES string of the molecule is NC(=NCC(O)c1cccc(Cl)c1)NC1CC1. The molecule has 0 saturated heterocycles. The van der Waals surface area contributed by atoms with Crippen LogP contribution in [0.25, 0.3) is 0 Å². The van der Waals surface area contributed by atoms with Crippen LogP contribution < -0.4 is 11.1 Å². The number of nitrogens with zero attached hydrogens (tertiary/aromatic N) is 1. The molecule has 92 valence electrons. The third kappa shape index (κ3) is 3.91.